The average Bonchev–Trinajstić information content (AvgIpc) is 2.74. The molecule has 1 aliphatic carbocycles. The summed E-state index contributed by atoms with van der Waals surface area (Å²) < 4.78 is 1.88. The van der Waals surface area contributed by atoms with Gasteiger partial charge in [-0.2, -0.15) is 0 Å². The van der Waals surface area contributed by atoms with Crippen molar-refractivity contribution in [2.75, 3.05) is 0 Å². The third-order valence-corrected chi connectivity index (χ3v) is 2.56. The third-order valence-electron chi connectivity index (χ3n) is 2.56. The fourth-order valence-electron chi connectivity index (χ4n) is 1.47. The Labute approximate surface area is 75.4 Å². The van der Waals surface area contributed by atoms with Gasteiger partial charge in [-0.25, -0.2) is 9.97 Å². The van der Waals surface area contributed by atoms with Crippen molar-refractivity contribution in [1.29, 1.82) is 0 Å². The van der Waals surface area contributed by atoms with Crippen molar-refractivity contribution in [3.8, 4) is 0 Å². The molecule has 1 aliphatic rings. The SMILES string of the molecule is NC1(c2ccn3ccnc3n2)CC1. The van der Waals surface area contributed by atoms with Crippen LogP contribution in [-0.4, -0.2) is 14.4 Å². The molecule has 1 saturated carbocycles. The lowest BCUT2D eigenvalue weighted by Gasteiger charge is -2.06. The van der Waals surface area contributed by atoms with Crippen LogP contribution in [0.25, 0.3) is 5.78 Å². The summed E-state index contributed by atoms with van der Waals surface area (Å²) >= 11 is 0. The molecule has 0 amide bonds. The fourth-order valence-corrected chi connectivity index (χ4v) is 1.47. The highest BCUT2D eigenvalue weighted by Gasteiger charge is 2.41. The maximum absolute atomic E-state index is 6.03. The highest BCUT2D eigenvalue weighted by atomic mass is 15.1. The van der Waals surface area contributed by atoms with E-state index in [-0.39, 0.29) is 5.54 Å². The first-order chi connectivity index (χ1) is 6.28. The van der Waals surface area contributed by atoms with Gasteiger partial charge < -0.3 is 5.73 Å². The van der Waals surface area contributed by atoms with E-state index in [1.165, 1.54) is 0 Å². The number of hydrogen-bond acceptors (Lipinski definition) is 3. The third kappa shape index (κ3) is 0.954. The second-order valence-electron chi connectivity index (χ2n) is 3.60. The first-order valence-corrected chi connectivity index (χ1v) is 4.37. The van der Waals surface area contributed by atoms with E-state index < -0.39 is 0 Å². The van der Waals surface area contributed by atoms with Gasteiger partial charge in [0.1, 0.15) is 0 Å². The van der Waals surface area contributed by atoms with E-state index >= 15 is 0 Å². The van der Waals surface area contributed by atoms with Gasteiger partial charge in [0, 0.05) is 18.6 Å². The Balaban J connectivity index is 2.20. The molecule has 66 valence electrons. The summed E-state index contributed by atoms with van der Waals surface area (Å²) in [5.41, 5.74) is 6.83. The van der Waals surface area contributed by atoms with Crippen molar-refractivity contribution >= 4 is 5.78 Å². The molecule has 0 radical (unpaired) electrons. The quantitative estimate of drug-likeness (QED) is 0.691. The Morgan fingerprint density at radius 3 is 3.00 bits per heavy atom. The number of nitrogens with two attached hydrogens (primary N) is 1. The van der Waals surface area contributed by atoms with E-state index in [2.05, 4.69) is 9.97 Å². The number of nitrogens with zero attached hydrogens (tertiary/aromatic N) is 3. The second-order valence-corrected chi connectivity index (χ2v) is 3.60. The van der Waals surface area contributed by atoms with E-state index in [1.54, 1.807) is 6.20 Å². The fraction of sp³-hybridized carbons (Fsp3) is 0.333. The molecule has 0 unspecified atom stereocenters. The molecule has 1 fully saturated rings. The van der Waals surface area contributed by atoms with Crippen molar-refractivity contribution in [3.63, 3.8) is 0 Å². The van der Waals surface area contributed by atoms with E-state index in [1.807, 2.05) is 22.9 Å². The summed E-state index contributed by atoms with van der Waals surface area (Å²) in [7, 11) is 0. The molecule has 4 heteroatoms. The number of rotatable bonds is 1. The first-order valence-electron chi connectivity index (χ1n) is 4.37. The first kappa shape index (κ1) is 7.03. The molecule has 4 nitrogen and oxygen atoms in total. The average molecular weight is 174 g/mol. The summed E-state index contributed by atoms with van der Waals surface area (Å²) in [5, 5.41) is 0. The zero-order chi connectivity index (χ0) is 8.89. The van der Waals surface area contributed by atoms with E-state index in [4.69, 9.17) is 5.73 Å². The van der Waals surface area contributed by atoms with Crippen molar-refractivity contribution in [3.05, 3.63) is 30.4 Å². The predicted octanol–water partition coefficient (Wildman–Crippen LogP) is 0.677. The van der Waals surface area contributed by atoms with Gasteiger partial charge in [0.25, 0.3) is 0 Å². The minimum atomic E-state index is -0.159. The van der Waals surface area contributed by atoms with Crippen molar-refractivity contribution < 1.29 is 0 Å². The Hall–Kier alpha value is -1.42. The minimum Gasteiger partial charge on any atom is -0.320 e. The van der Waals surface area contributed by atoms with Gasteiger partial charge in [0.05, 0.1) is 11.2 Å². The van der Waals surface area contributed by atoms with Crippen LogP contribution >= 0.6 is 0 Å². The maximum atomic E-state index is 6.03. The van der Waals surface area contributed by atoms with Gasteiger partial charge in [-0.15, -0.1) is 0 Å². The van der Waals surface area contributed by atoms with Crippen LogP contribution < -0.4 is 5.73 Å². The van der Waals surface area contributed by atoms with Crippen LogP contribution in [0.1, 0.15) is 18.5 Å². The Kier molecular flexibility index (Phi) is 1.13. The summed E-state index contributed by atoms with van der Waals surface area (Å²) in [5.74, 6) is 0.731. The molecule has 3 rings (SSSR count). The van der Waals surface area contributed by atoms with Crippen LogP contribution in [0, 0.1) is 0 Å². The number of hydrogen-bond donors (Lipinski definition) is 1. The Bertz CT molecular complexity index is 455. The van der Waals surface area contributed by atoms with Crippen LogP contribution in [-0.2, 0) is 5.54 Å². The van der Waals surface area contributed by atoms with Crippen LogP contribution in [0.4, 0.5) is 0 Å². The number of imidazole rings is 1. The minimum absolute atomic E-state index is 0.159. The molecule has 0 saturated heterocycles. The maximum Gasteiger partial charge on any atom is 0.233 e. The van der Waals surface area contributed by atoms with Crippen LogP contribution in [0.3, 0.4) is 0 Å². The van der Waals surface area contributed by atoms with Crippen LogP contribution in [0.15, 0.2) is 24.7 Å². The van der Waals surface area contributed by atoms with E-state index in [9.17, 15) is 0 Å². The van der Waals surface area contributed by atoms with Gasteiger partial charge in [-0.1, -0.05) is 0 Å². The van der Waals surface area contributed by atoms with Gasteiger partial charge >= 0.3 is 0 Å². The molecular formula is C9H10N4. The normalized spacial score (nSPS) is 19.2. The molecule has 0 spiro atoms. The Morgan fingerprint density at radius 2 is 2.23 bits per heavy atom. The molecule has 2 aromatic rings. The summed E-state index contributed by atoms with van der Waals surface area (Å²) in [4.78, 5) is 8.51. The lowest BCUT2D eigenvalue weighted by atomic mass is 10.2. The lowest BCUT2D eigenvalue weighted by molar-refractivity contribution is 0.706. The van der Waals surface area contributed by atoms with Crippen molar-refractivity contribution in [2.24, 2.45) is 5.73 Å². The summed E-state index contributed by atoms with van der Waals surface area (Å²) in [6, 6.07) is 1.97. The highest BCUT2D eigenvalue weighted by Crippen LogP contribution is 2.41. The molecular weight excluding hydrogens is 164 g/mol. The number of fused-ring (bicyclic) bond motifs is 1. The molecule has 0 bridgehead atoms. The molecule has 0 aliphatic heterocycles. The molecule has 2 aromatic heterocycles. The molecule has 0 aromatic carbocycles. The van der Waals surface area contributed by atoms with Gasteiger partial charge in [-0.3, -0.25) is 4.40 Å². The van der Waals surface area contributed by atoms with Crippen LogP contribution in [0.5, 0.6) is 0 Å². The largest absolute Gasteiger partial charge is 0.320 e. The van der Waals surface area contributed by atoms with Crippen LogP contribution in [0.2, 0.25) is 0 Å². The zero-order valence-corrected chi connectivity index (χ0v) is 7.14. The monoisotopic (exact) mass is 174 g/mol. The molecule has 0 atom stereocenters. The lowest BCUT2D eigenvalue weighted by Crippen LogP contribution is -2.20. The van der Waals surface area contributed by atoms with Crippen molar-refractivity contribution in [1.82, 2.24) is 14.4 Å². The molecule has 2 N–H and O–H groups in total. The topological polar surface area (TPSA) is 56.2 Å². The predicted molar refractivity (Wildman–Crippen MR) is 48.1 cm³/mol. The van der Waals surface area contributed by atoms with E-state index in [0.717, 1.165) is 24.3 Å². The van der Waals surface area contributed by atoms with E-state index in [0.29, 0.717) is 0 Å². The standard InChI is InChI=1S/C9H10N4/c10-9(2-3-9)7-1-5-13-6-4-11-8(13)12-7/h1,4-6H,2-3,10H2. The second kappa shape index (κ2) is 2.09. The zero-order valence-electron chi connectivity index (χ0n) is 7.14. The molecule has 13 heavy (non-hydrogen) atoms. The highest BCUT2D eigenvalue weighted by molar-refractivity contribution is 5.33. The Morgan fingerprint density at radius 1 is 1.38 bits per heavy atom. The van der Waals surface area contributed by atoms with Gasteiger partial charge in [0.2, 0.25) is 5.78 Å². The summed E-state index contributed by atoms with van der Waals surface area (Å²) in [6.07, 6.45) is 7.65. The molecule has 2 heterocycles. The summed E-state index contributed by atoms with van der Waals surface area (Å²) in [6.45, 7) is 0. The smallest absolute Gasteiger partial charge is 0.233 e. The number of aromatic nitrogens is 3. The van der Waals surface area contributed by atoms with Crippen molar-refractivity contribution in [2.45, 2.75) is 18.4 Å². The van der Waals surface area contributed by atoms with Gasteiger partial charge in [-0.05, 0) is 18.9 Å². The van der Waals surface area contributed by atoms with Gasteiger partial charge in [0.15, 0.2) is 0 Å².